The van der Waals surface area contributed by atoms with Crippen LogP contribution in [-0.4, -0.2) is 60.5 Å². The third-order valence-corrected chi connectivity index (χ3v) is 10.8. The van der Waals surface area contributed by atoms with Crippen LogP contribution >= 0.6 is 7.82 Å². The van der Waals surface area contributed by atoms with Gasteiger partial charge in [0.1, 0.15) is 12.1 Å². The first-order chi connectivity index (χ1) is 27.7. The smallest absolute Gasteiger partial charge is 0.472 e. The Kier molecular flexibility index (Phi) is 41.0. The molecule has 57 heavy (non-hydrogen) atoms. The number of carboxylic acids is 1. The number of carboxylic acid groups (broad SMARTS) is 1. The minimum Gasteiger partial charge on any atom is -0.480 e. The van der Waals surface area contributed by atoms with E-state index < -0.39 is 45.1 Å². The van der Waals surface area contributed by atoms with E-state index in [9.17, 15) is 19.0 Å². The highest BCUT2D eigenvalue weighted by molar-refractivity contribution is 7.47. The topological polar surface area (TPSA) is 155 Å². The molecular formula is C46H86NO9P. The molecule has 0 aliphatic heterocycles. The molecule has 0 rings (SSSR count). The van der Waals surface area contributed by atoms with E-state index in [-0.39, 0.29) is 13.0 Å². The predicted octanol–water partition coefficient (Wildman–Crippen LogP) is 12.9. The summed E-state index contributed by atoms with van der Waals surface area (Å²) in [4.78, 5) is 33.5. The van der Waals surface area contributed by atoms with Gasteiger partial charge in [-0.15, -0.1) is 0 Å². The monoisotopic (exact) mass is 828 g/mol. The lowest BCUT2D eigenvalue weighted by atomic mass is 10.0. The van der Waals surface area contributed by atoms with Gasteiger partial charge in [0.2, 0.25) is 0 Å². The van der Waals surface area contributed by atoms with Crippen molar-refractivity contribution in [3.63, 3.8) is 0 Å². The van der Waals surface area contributed by atoms with Crippen molar-refractivity contribution in [1.82, 2.24) is 0 Å². The van der Waals surface area contributed by atoms with Gasteiger partial charge in [0.25, 0.3) is 0 Å². The number of aliphatic carboxylic acids is 1. The first-order valence-electron chi connectivity index (χ1n) is 23.0. The van der Waals surface area contributed by atoms with Crippen molar-refractivity contribution < 1.29 is 42.7 Å². The summed E-state index contributed by atoms with van der Waals surface area (Å²) in [6.07, 6.45) is 47.8. The van der Waals surface area contributed by atoms with Crippen LogP contribution in [0.1, 0.15) is 206 Å². The second-order valence-electron chi connectivity index (χ2n) is 15.5. The number of esters is 1. The summed E-state index contributed by atoms with van der Waals surface area (Å²) >= 11 is 0. The van der Waals surface area contributed by atoms with Crippen LogP contribution in [0.2, 0.25) is 0 Å². The number of nitrogens with two attached hydrogens (primary N) is 1. The second kappa shape index (κ2) is 42.3. The lowest BCUT2D eigenvalue weighted by molar-refractivity contribution is -0.154. The van der Waals surface area contributed by atoms with Gasteiger partial charge in [0, 0.05) is 13.0 Å². The maximum Gasteiger partial charge on any atom is 0.472 e. The van der Waals surface area contributed by atoms with E-state index >= 15 is 0 Å². The Morgan fingerprint density at radius 2 is 0.982 bits per heavy atom. The number of ether oxygens (including phenoxy) is 2. The Bertz CT molecular complexity index is 1050. The first-order valence-corrected chi connectivity index (χ1v) is 24.5. The predicted molar refractivity (Wildman–Crippen MR) is 235 cm³/mol. The van der Waals surface area contributed by atoms with E-state index in [1.165, 1.54) is 116 Å². The number of rotatable bonds is 44. The van der Waals surface area contributed by atoms with Crippen LogP contribution in [-0.2, 0) is 32.7 Å². The summed E-state index contributed by atoms with van der Waals surface area (Å²) in [5.74, 6) is -1.79. The average Bonchev–Trinajstić information content (AvgIpc) is 3.19. The largest absolute Gasteiger partial charge is 0.480 e. The molecule has 0 aromatic carbocycles. The molecule has 334 valence electrons. The molecule has 0 aliphatic rings. The number of unbranched alkanes of at least 4 members (excludes halogenated alkanes) is 24. The van der Waals surface area contributed by atoms with E-state index in [1.807, 2.05) is 0 Å². The molecular weight excluding hydrogens is 741 g/mol. The van der Waals surface area contributed by atoms with Crippen molar-refractivity contribution in [1.29, 1.82) is 0 Å². The molecule has 0 amide bonds. The van der Waals surface area contributed by atoms with E-state index in [2.05, 4.69) is 50.3 Å². The van der Waals surface area contributed by atoms with Crippen molar-refractivity contribution >= 4 is 19.8 Å². The van der Waals surface area contributed by atoms with Crippen molar-refractivity contribution in [2.75, 3.05) is 26.4 Å². The summed E-state index contributed by atoms with van der Waals surface area (Å²) in [6.45, 7) is 3.83. The molecule has 0 radical (unpaired) electrons. The van der Waals surface area contributed by atoms with Gasteiger partial charge in [-0.05, 0) is 64.2 Å². The number of hydrogen-bond acceptors (Lipinski definition) is 8. The maximum absolute atomic E-state index is 12.6. The number of phosphoric ester groups is 1. The molecule has 0 fully saturated rings. The zero-order valence-electron chi connectivity index (χ0n) is 36.4. The molecule has 0 saturated carbocycles. The van der Waals surface area contributed by atoms with Gasteiger partial charge in [0.05, 0.1) is 19.8 Å². The lowest BCUT2D eigenvalue weighted by Gasteiger charge is -2.20. The van der Waals surface area contributed by atoms with Gasteiger partial charge < -0.3 is 25.2 Å². The molecule has 3 unspecified atom stereocenters. The Morgan fingerprint density at radius 3 is 1.49 bits per heavy atom. The second-order valence-corrected chi connectivity index (χ2v) is 17.0. The zero-order valence-corrected chi connectivity index (χ0v) is 37.3. The van der Waals surface area contributed by atoms with Crippen LogP contribution in [0.5, 0.6) is 0 Å². The number of carbonyl (C=O) groups excluding carboxylic acids is 1. The third kappa shape index (κ3) is 42.1. The molecule has 0 saturated heterocycles. The maximum atomic E-state index is 12.6. The van der Waals surface area contributed by atoms with Crippen LogP contribution in [0, 0.1) is 0 Å². The number of carbonyl (C=O) groups is 2. The van der Waals surface area contributed by atoms with Crippen LogP contribution < -0.4 is 5.73 Å². The van der Waals surface area contributed by atoms with E-state index in [0.717, 1.165) is 64.2 Å². The molecule has 0 heterocycles. The highest BCUT2D eigenvalue weighted by Gasteiger charge is 2.27. The minimum absolute atomic E-state index is 0.0137. The van der Waals surface area contributed by atoms with Crippen molar-refractivity contribution in [3.05, 3.63) is 36.5 Å². The molecule has 0 spiro atoms. The molecule has 0 aromatic rings. The molecule has 0 bridgehead atoms. The summed E-state index contributed by atoms with van der Waals surface area (Å²) in [5.41, 5.74) is 5.35. The van der Waals surface area contributed by atoms with Crippen LogP contribution in [0.3, 0.4) is 0 Å². The fourth-order valence-corrected chi connectivity index (χ4v) is 7.04. The molecule has 0 aliphatic carbocycles. The summed E-state index contributed by atoms with van der Waals surface area (Å²) < 4.78 is 33.3. The SMILES string of the molecule is CCCC/C=C\CCCCCCCC(=O)OC(COCCCCCCCCCCCCCC/C=C\C/C=C\CCCCCCC)COP(=O)(O)OCC(N)C(=O)O. The standard InChI is InChI=1S/C46H86NO9P/c1-3-5-7-9-11-13-15-16-17-18-19-20-21-22-23-24-25-26-27-29-31-33-35-37-39-53-40-43(41-54-57(51,52)55-42-44(47)46(49)50)56-45(48)38-36-34-32-30-28-14-12-10-8-6-4-2/h10,12,15-16,18-19,43-44H,3-9,11,13-14,17,20-42,47H2,1-2H3,(H,49,50)(H,51,52)/b12-10-,16-15-,19-18-. The lowest BCUT2D eigenvalue weighted by Crippen LogP contribution is -2.34. The van der Waals surface area contributed by atoms with E-state index in [0.29, 0.717) is 13.0 Å². The van der Waals surface area contributed by atoms with Gasteiger partial charge in [0.15, 0.2) is 0 Å². The molecule has 4 N–H and O–H groups in total. The summed E-state index contributed by atoms with van der Waals surface area (Å²) in [6, 6.07) is -1.47. The van der Waals surface area contributed by atoms with Crippen molar-refractivity contribution in [3.8, 4) is 0 Å². The molecule has 3 atom stereocenters. The molecule has 11 heteroatoms. The van der Waals surface area contributed by atoms with Crippen molar-refractivity contribution in [2.24, 2.45) is 5.73 Å². The zero-order chi connectivity index (χ0) is 41.9. The van der Waals surface area contributed by atoms with Crippen molar-refractivity contribution in [2.45, 2.75) is 219 Å². The first kappa shape index (κ1) is 55.2. The highest BCUT2D eigenvalue weighted by Crippen LogP contribution is 2.43. The Hall–Kier alpha value is -1.81. The van der Waals surface area contributed by atoms with Crippen LogP contribution in [0.15, 0.2) is 36.5 Å². The Labute approximate surface area is 348 Å². The quantitative estimate of drug-likeness (QED) is 0.0234. The summed E-state index contributed by atoms with van der Waals surface area (Å²) in [5, 5.41) is 8.89. The normalized spacial score (nSPS) is 14.2. The fourth-order valence-electron chi connectivity index (χ4n) is 6.26. The average molecular weight is 828 g/mol. The summed E-state index contributed by atoms with van der Waals surface area (Å²) in [7, 11) is -4.62. The van der Waals surface area contributed by atoms with E-state index in [1.54, 1.807) is 0 Å². The number of hydrogen-bond donors (Lipinski definition) is 3. The van der Waals surface area contributed by atoms with Gasteiger partial charge in [-0.3, -0.25) is 18.6 Å². The molecule has 0 aromatic heterocycles. The van der Waals surface area contributed by atoms with Gasteiger partial charge in [-0.25, -0.2) is 4.57 Å². The Balaban J connectivity index is 4.08. The molecule has 10 nitrogen and oxygen atoms in total. The third-order valence-electron chi connectivity index (χ3n) is 9.89. The van der Waals surface area contributed by atoms with Gasteiger partial charge in [-0.2, -0.15) is 0 Å². The van der Waals surface area contributed by atoms with Crippen LogP contribution in [0.25, 0.3) is 0 Å². The van der Waals surface area contributed by atoms with Gasteiger partial charge >= 0.3 is 19.8 Å². The minimum atomic E-state index is -4.62. The van der Waals surface area contributed by atoms with E-state index in [4.69, 9.17) is 29.4 Å². The van der Waals surface area contributed by atoms with Crippen LogP contribution in [0.4, 0.5) is 0 Å². The highest BCUT2D eigenvalue weighted by atomic mass is 31.2. The van der Waals surface area contributed by atoms with Gasteiger partial charge in [-0.1, -0.05) is 172 Å². The number of phosphoric acid groups is 1. The Morgan fingerprint density at radius 1 is 0.561 bits per heavy atom. The number of allylic oxidation sites excluding steroid dienone is 6. The fraction of sp³-hybridized carbons (Fsp3) is 0.826.